The monoisotopic (exact) mass is 503 g/mol. The molecule has 0 bridgehead atoms. The van der Waals surface area contributed by atoms with Gasteiger partial charge < -0.3 is 14.2 Å². The van der Waals surface area contributed by atoms with Crippen molar-refractivity contribution in [3.8, 4) is 17.2 Å². The fourth-order valence-corrected chi connectivity index (χ4v) is 4.12. The highest BCUT2D eigenvalue weighted by molar-refractivity contribution is 7.85. The SMILES string of the molecule is COc1ccc(Oc2c(Cl)cc(N3CC(COS(C)(=O)=O)OC3=O)cc2Cl)cc1C(C)C. The topological polar surface area (TPSA) is 91.4 Å². The Kier molecular flexibility index (Phi) is 7.44. The minimum absolute atomic E-state index is 0.0808. The molecule has 1 aliphatic rings. The van der Waals surface area contributed by atoms with Crippen molar-refractivity contribution >= 4 is 45.1 Å². The summed E-state index contributed by atoms with van der Waals surface area (Å²) in [6.07, 6.45) is -0.490. The average Bonchev–Trinajstić information content (AvgIpc) is 3.09. The third kappa shape index (κ3) is 5.78. The van der Waals surface area contributed by atoms with Crippen LogP contribution in [0.2, 0.25) is 10.0 Å². The Bertz CT molecular complexity index is 1100. The zero-order valence-electron chi connectivity index (χ0n) is 17.9. The van der Waals surface area contributed by atoms with Crippen molar-refractivity contribution in [2.45, 2.75) is 25.9 Å². The van der Waals surface area contributed by atoms with Gasteiger partial charge in [0.05, 0.1) is 35.6 Å². The number of carbonyl (C=O) groups excluding carboxylic acids is 1. The van der Waals surface area contributed by atoms with E-state index in [0.29, 0.717) is 11.4 Å². The van der Waals surface area contributed by atoms with Crippen molar-refractivity contribution in [1.29, 1.82) is 0 Å². The second-order valence-corrected chi connectivity index (χ2v) is 9.96. The lowest BCUT2D eigenvalue weighted by Crippen LogP contribution is -2.26. The minimum Gasteiger partial charge on any atom is -0.496 e. The number of amides is 1. The fourth-order valence-electron chi connectivity index (χ4n) is 3.16. The second kappa shape index (κ2) is 9.74. The summed E-state index contributed by atoms with van der Waals surface area (Å²) in [7, 11) is -2.04. The van der Waals surface area contributed by atoms with Gasteiger partial charge in [0.2, 0.25) is 0 Å². The Hall–Kier alpha value is -2.20. The Labute approximate surface area is 197 Å². The summed E-state index contributed by atoms with van der Waals surface area (Å²) in [4.78, 5) is 13.5. The maximum atomic E-state index is 12.2. The van der Waals surface area contributed by atoms with Crippen molar-refractivity contribution in [1.82, 2.24) is 0 Å². The first-order chi connectivity index (χ1) is 15.0. The van der Waals surface area contributed by atoms with Gasteiger partial charge in [-0.25, -0.2) is 4.79 Å². The molecule has 0 aliphatic carbocycles. The van der Waals surface area contributed by atoms with Crippen LogP contribution in [0.4, 0.5) is 10.5 Å². The number of halogens is 2. The maximum absolute atomic E-state index is 12.2. The van der Waals surface area contributed by atoms with E-state index in [1.165, 1.54) is 17.0 Å². The highest BCUT2D eigenvalue weighted by Gasteiger charge is 2.34. The van der Waals surface area contributed by atoms with Gasteiger partial charge in [0.15, 0.2) is 5.75 Å². The number of anilines is 1. The molecule has 0 N–H and O–H groups in total. The van der Waals surface area contributed by atoms with Crippen LogP contribution in [0.5, 0.6) is 17.2 Å². The number of hydrogen-bond acceptors (Lipinski definition) is 7. The van der Waals surface area contributed by atoms with Crippen LogP contribution >= 0.6 is 23.2 Å². The van der Waals surface area contributed by atoms with E-state index >= 15 is 0 Å². The van der Waals surface area contributed by atoms with Gasteiger partial charge in [-0.15, -0.1) is 0 Å². The predicted octanol–water partition coefficient (Wildman–Crippen LogP) is 5.22. The van der Waals surface area contributed by atoms with E-state index in [4.69, 9.17) is 41.6 Å². The van der Waals surface area contributed by atoms with Crippen molar-refractivity contribution in [2.24, 2.45) is 0 Å². The van der Waals surface area contributed by atoms with E-state index in [2.05, 4.69) is 0 Å². The number of carbonyl (C=O) groups is 1. The third-order valence-corrected chi connectivity index (χ3v) is 5.81. The molecule has 174 valence electrons. The van der Waals surface area contributed by atoms with E-state index in [1.54, 1.807) is 19.2 Å². The van der Waals surface area contributed by atoms with Crippen molar-refractivity contribution in [3.63, 3.8) is 0 Å². The number of methoxy groups -OCH3 is 1. The maximum Gasteiger partial charge on any atom is 0.414 e. The van der Waals surface area contributed by atoms with Crippen LogP contribution in [-0.4, -0.2) is 47.1 Å². The highest BCUT2D eigenvalue weighted by Crippen LogP contribution is 2.41. The smallest absolute Gasteiger partial charge is 0.414 e. The molecular formula is C21H23Cl2NO7S. The number of ether oxygens (including phenoxy) is 3. The largest absolute Gasteiger partial charge is 0.496 e. The number of cyclic esters (lactones) is 1. The van der Waals surface area contributed by atoms with E-state index < -0.39 is 22.3 Å². The van der Waals surface area contributed by atoms with Crippen LogP contribution in [0.25, 0.3) is 0 Å². The van der Waals surface area contributed by atoms with Crippen molar-refractivity contribution in [3.05, 3.63) is 45.9 Å². The predicted molar refractivity (Wildman–Crippen MR) is 122 cm³/mol. The quantitative estimate of drug-likeness (QED) is 0.456. The standard InChI is InChI=1S/C21H23Cl2NO7S/c1-12(2)16-9-14(5-6-19(16)28-3)30-20-17(22)7-13(8-18(20)23)24-10-15(31-21(24)25)11-29-32(4,26)27/h5-9,12,15H,10-11H2,1-4H3. The molecule has 11 heteroatoms. The molecule has 1 fully saturated rings. The molecule has 1 heterocycles. The van der Waals surface area contributed by atoms with Gasteiger partial charge in [-0.1, -0.05) is 37.0 Å². The fraction of sp³-hybridized carbons (Fsp3) is 0.381. The second-order valence-electron chi connectivity index (χ2n) is 7.50. The van der Waals surface area contributed by atoms with Crippen molar-refractivity contribution in [2.75, 3.05) is 31.4 Å². The molecule has 2 aromatic rings. The van der Waals surface area contributed by atoms with Crippen molar-refractivity contribution < 1.29 is 31.6 Å². The molecule has 8 nitrogen and oxygen atoms in total. The lowest BCUT2D eigenvalue weighted by Gasteiger charge is -2.18. The summed E-state index contributed by atoms with van der Waals surface area (Å²) in [6, 6.07) is 8.46. The van der Waals surface area contributed by atoms with E-state index in [1.807, 2.05) is 19.9 Å². The van der Waals surface area contributed by atoms with Crippen LogP contribution in [-0.2, 0) is 19.0 Å². The molecule has 1 unspecified atom stereocenters. The summed E-state index contributed by atoms with van der Waals surface area (Å²) >= 11 is 12.8. The molecule has 2 aromatic carbocycles. The zero-order valence-corrected chi connectivity index (χ0v) is 20.3. The summed E-state index contributed by atoms with van der Waals surface area (Å²) in [5, 5.41) is 0.385. The van der Waals surface area contributed by atoms with Gasteiger partial charge in [0, 0.05) is 5.56 Å². The van der Waals surface area contributed by atoms with Crippen LogP contribution in [0, 0.1) is 0 Å². The Morgan fingerprint density at radius 2 is 1.84 bits per heavy atom. The van der Waals surface area contributed by atoms with Gasteiger partial charge in [-0.05, 0) is 36.2 Å². The Balaban J connectivity index is 1.80. The number of rotatable bonds is 8. The number of nitrogens with zero attached hydrogens (tertiary/aromatic N) is 1. The van der Waals surface area contributed by atoms with Gasteiger partial charge in [-0.2, -0.15) is 8.42 Å². The van der Waals surface area contributed by atoms with Gasteiger partial charge in [-0.3, -0.25) is 9.08 Å². The summed E-state index contributed by atoms with van der Waals surface area (Å²) in [6.45, 7) is 3.89. The normalized spacial score (nSPS) is 16.4. The molecule has 1 amide bonds. The summed E-state index contributed by atoms with van der Waals surface area (Å²) in [5.74, 6) is 1.73. The molecule has 32 heavy (non-hydrogen) atoms. The molecule has 0 spiro atoms. The zero-order chi connectivity index (χ0) is 23.6. The lowest BCUT2D eigenvalue weighted by molar-refractivity contribution is 0.107. The first kappa shape index (κ1) is 24.4. The highest BCUT2D eigenvalue weighted by atomic mass is 35.5. The Morgan fingerprint density at radius 1 is 1.19 bits per heavy atom. The molecular weight excluding hydrogens is 481 g/mol. The van der Waals surface area contributed by atoms with Gasteiger partial charge >= 0.3 is 6.09 Å². The molecule has 0 saturated carbocycles. The van der Waals surface area contributed by atoms with E-state index in [9.17, 15) is 13.2 Å². The average molecular weight is 504 g/mol. The van der Waals surface area contributed by atoms with E-state index in [-0.39, 0.29) is 34.9 Å². The molecule has 1 saturated heterocycles. The van der Waals surface area contributed by atoms with Crippen LogP contribution in [0.3, 0.4) is 0 Å². The van der Waals surface area contributed by atoms with Gasteiger partial charge in [0.25, 0.3) is 10.1 Å². The van der Waals surface area contributed by atoms with E-state index in [0.717, 1.165) is 17.6 Å². The number of hydrogen-bond donors (Lipinski definition) is 0. The molecule has 1 aliphatic heterocycles. The van der Waals surface area contributed by atoms with Crippen LogP contribution in [0.15, 0.2) is 30.3 Å². The summed E-state index contributed by atoms with van der Waals surface area (Å²) < 4.78 is 43.5. The van der Waals surface area contributed by atoms with Crippen LogP contribution < -0.4 is 14.4 Å². The first-order valence-corrected chi connectivity index (χ1v) is 12.2. The summed E-state index contributed by atoms with van der Waals surface area (Å²) in [5.41, 5.74) is 1.35. The van der Waals surface area contributed by atoms with Crippen LogP contribution in [0.1, 0.15) is 25.3 Å². The number of benzene rings is 2. The first-order valence-electron chi connectivity index (χ1n) is 9.66. The third-order valence-electron chi connectivity index (χ3n) is 4.68. The minimum atomic E-state index is -3.65. The molecule has 0 radical (unpaired) electrons. The molecule has 1 atom stereocenters. The lowest BCUT2D eigenvalue weighted by atomic mass is 10.0. The Morgan fingerprint density at radius 3 is 2.41 bits per heavy atom. The molecule has 0 aromatic heterocycles. The molecule has 3 rings (SSSR count). The van der Waals surface area contributed by atoms with Gasteiger partial charge in [0.1, 0.15) is 24.2 Å².